The van der Waals surface area contributed by atoms with Gasteiger partial charge in [0.1, 0.15) is 6.54 Å². The number of hydrogen-bond acceptors (Lipinski definition) is 3. The van der Waals surface area contributed by atoms with Gasteiger partial charge in [0, 0.05) is 17.6 Å². The van der Waals surface area contributed by atoms with Gasteiger partial charge in [0.25, 0.3) is 0 Å². The molecule has 1 amide bonds. The number of hydrogen-bond donors (Lipinski definition) is 0. The largest absolute Gasteiger partial charge is 0.468 e. The van der Waals surface area contributed by atoms with E-state index in [-0.39, 0.29) is 12.5 Å². The Hall–Kier alpha value is -1.55. The van der Waals surface area contributed by atoms with E-state index in [1.165, 1.54) is 18.9 Å². The molecule has 5 heteroatoms. The fourth-order valence-electron chi connectivity index (χ4n) is 1.22. The molecule has 4 nitrogen and oxygen atoms in total. The van der Waals surface area contributed by atoms with E-state index in [0.717, 1.165) is 0 Å². The molecule has 0 aliphatic rings. The van der Waals surface area contributed by atoms with Crippen molar-refractivity contribution in [1.82, 2.24) is 0 Å². The summed E-state index contributed by atoms with van der Waals surface area (Å²) < 4.78 is 4.52. The number of carbonyl (C=O) groups is 2. The highest BCUT2D eigenvalue weighted by atomic mass is 35.5. The molecule has 0 heterocycles. The van der Waals surface area contributed by atoms with Crippen molar-refractivity contribution in [3.05, 3.63) is 29.3 Å². The van der Waals surface area contributed by atoms with Crippen LogP contribution >= 0.6 is 11.6 Å². The van der Waals surface area contributed by atoms with Crippen molar-refractivity contribution in [2.45, 2.75) is 6.92 Å². The van der Waals surface area contributed by atoms with Crippen LogP contribution in [0.1, 0.15) is 6.92 Å². The zero-order valence-corrected chi connectivity index (χ0v) is 9.82. The molecule has 0 atom stereocenters. The number of ether oxygens (including phenoxy) is 1. The lowest BCUT2D eigenvalue weighted by Gasteiger charge is -2.19. The third-order valence-electron chi connectivity index (χ3n) is 2.01. The third-order valence-corrected chi connectivity index (χ3v) is 2.25. The van der Waals surface area contributed by atoms with E-state index in [2.05, 4.69) is 4.74 Å². The number of amides is 1. The minimum absolute atomic E-state index is 0.119. The second-order valence-electron chi connectivity index (χ2n) is 3.16. The van der Waals surface area contributed by atoms with Crippen LogP contribution in [0.4, 0.5) is 5.69 Å². The monoisotopic (exact) mass is 241 g/mol. The maximum Gasteiger partial charge on any atom is 0.325 e. The average molecular weight is 242 g/mol. The lowest BCUT2D eigenvalue weighted by molar-refractivity contribution is -0.139. The van der Waals surface area contributed by atoms with Crippen molar-refractivity contribution < 1.29 is 14.3 Å². The van der Waals surface area contributed by atoms with Crippen molar-refractivity contribution in [2.24, 2.45) is 0 Å². The zero-order chi connectivity index (χ0) is 12.1. The molecular formula is C11H12ClNO3. The van der Waals surface area contributed by atoms with Crippen LogP contribution in [0.15, 0.2) is 24.3 Å². The molecule has 86 valence electrons. The van der Waals surface area contributed by atoms with E-state index in [9.17, 15) is 9.59 Å². The molecule has 0 N–H and O–H groups in total. The van der Waals surface area contributed by atoms with Crippen LogP contribution in [0, 0.1) is 0 Å². The van der Waals surface area contributed by atoms with Crippen LogP contribution in [0.3, 0.4) is 0 Å². The molecule has 0 saturated carbocycles. The Balaban J connectivity index is 2.94. The average Bonchev–Trinajstić information content (AvgIpc) is 2.25. The maximum atomic E-state index is 11.4. The molecule has 0 fully saturated rings. The summed E-state index contributed by atoms with van der Waals surface area (Å²) in [6.45, 7) is 1.26. The fourth-order valence-corrected chi connectivity index (χ4v) is 1.41. The van der Waals surface area contributed by atoms with E-state index in [4.69, 9.17) is 11.6 Å². The van der Waals surface area contributed by atoms with Crippen LogP contribution in [0.5, 0.6) is 0 Å². The SMILES string of the molecule is COC(=O)CN(C(C)=O)c1cccc(Cl)c1. The summed E-state index contributed by atoms with van der Waals surface area (Å²) in [5, 5.41) is 0.508. The first-order chi connectivity index (χ1) is 7.54. The summed E-state index contributed by atoms with van der Waals surface area (Å²) in [6.07, 6.45) is 0. The van der Waals surface area contributed by atoms with Gasteiger partial charge in [-0.3, -0.25) is 9.59 Å². The summed E-state index contributed by atoms with van der Waals surface area (Å²) in [4.78, 5) is 23.8. The molecule has 1 aromatic rings. The van der Waals surface area contributed by atoms with Crippen molar-refractivity contribution in [2.75, 3.05) is 18.6 Å². The van der Waals surface area contributed by atoms with Crippen LogP contribution in [-0.2, 0) is 14.3 Å². The molecule has 0 aliphatic carbocycles. The van der Waals surface area contributed by atoms with Crippen molar-refractivity contribution in [1.29, 1.82) is 0 Å². The van der Waals surface area contributed by atoms with Crippen molar-refractivity contribution in [3.8, 4) is 0 Å². The normalized spacial score (nSPS) is 9.69. The van der Waals surface area contributed by atoms with Crippen LogP contribution in [0.25, 0.3) is 0 Å². The summed E-state index contributed by atoms with van der Waals surface area (Å²) in [6, 6.07) is 6.73. The number of halogens is 1. The Labute approximate surface area is 98.8 Å². The number of anilines is 1. The number of methoxy groups -OCH3 is 1. The Morgan fingerprint density at radius 2 is 2.12 bits per heavy atom. The molecule has 0 saturated heterocycles. The van der Waals surface area contributed by atoms with Gasteiger partial charge in [-0.05, 0) is 18.2 Å². The molecular weight excluding hydrogens is 230 g/mol. The molecule has 0 aliphatic heterocycles. The van der Waals surface area contributed by atoms with Gasteiger partial charge < -0.3 is 9.64 Å². The topological polar surface area (TPSA) is 46.6 Å². The second kappa shape index (κ2) is 5.51. The number of nitrogens with zero attached hydrogens (tertiary/aromatic N) is 1. The highest BCUT2D eigenvalue weighted by molar-refractivity contribution is 6.30. The second-order valence-corrected chi connectivity index (χ2v) is 3.60. The number of benzene rings is 1. The minimum atomic E-state index is -0.477. The lowest BCUT2D eigenvalue weighted by Crippen LogP contribution is -2.34. The van der Waals surface area contributed by atoms with E-state index in [1.54, 1.807) is 24.3 Å². The van der Waals surface area contributed by atoms with E-state index < -0.39 is 5.97 Å². The van der Waals surface area contributed by atoms with Gasteiger partial charge in [-0.25, -0.2) is 0 Å². The van der Waals surface area contributed by atoms with Crippen LogP contribution < -0.4 is 4.90 Å². The van der Waals surface area contributed by atoms with Crippen molar-refractivity contribution in [3.63, 3.8) is 0 Å². The fraction of sp³-hybridized carbons (Fsp3) is 0.273. The molecule has 0 bridgehead atoms. The van der Waals surface area contributed by atoms with Gasteiger partial charge in [-0.2, -0.15) is 0 Å². The first-order valence-corrected chi connectivity index (χ1v) is 5.03. The quantitative estimate of drug-likeness (QED) is 0.759. The molecule has 0 spiro atoms. The summed E-state index contributed by atoms with van der Waals surface area (Å²) in [5.41, 5.74) is 0.574. The lowest BCUT2D eigenvalue weighted by atomic mass is 10.3. The Morgan fingerprint density at radius 3 is 2.62 bits per heavy atom. The molecule has 16 heavy (non-hydrogen) atoms. The summed E-state index contributed by atoms with van der Waals surface area (Å²) >= 11 is 5.81. The van der Waals surface area contributed by atoms with Gasteiger partial charge in [-0.15, -0.1) is 0 Å². The summed E-state index contributed by atoms with van der Waals surface area (Å²) in [5.74, 6) is -0.720. The number of carbonyl (C=O) groups excluding carboxylic acids is 2. The van der Waals surface area contributed by atoms with E-state index in [1.807, 2.05) is 0 Å². The predicted octanol–water partition coefficient (Wildman–Crippen LogP) is 1.87. The summed E-state index contributed by atoms with van der Waals surface area (Å²) in [7, 11) is 1.28. The van der Waals surface area contributed by atoms with Crippen LogP contribution in [-0.4, -0.2) is 25.5 Å². The molecule has 1 rings (SSSR count). The highest BCUT2D eigenvalue weighted by Crippen LogP contribution is 2.19. The van der Waals surface area contributed by atoms with E-state index >= 15 is 0 Å². The van der Waals surface area contributed by atoms with Gasteiger partial charge in [0.2, 0.25) is 5.91 Å². The Morgan fingerprint density at radius 1 is 1.44 bits per heavy atom. The first kappa shape index (κ1) is 12.5. The Kier molecular flexibility index (Phi) is 4.31. The number of esters is 1. The third kappa shape index (κ3) is 3.24. The van der Waals surface area contributed by atoms with Crippen molar-refractivity contribution >= 4 is 29.2 Å². The zero-order valence-electron chi connectivity index (χ0n) is 9.07. The molecule has 0 radical (unpaired) electrons. The van der Waals surface area contributed by atoms with Gasteiger partial charge in [0.15, 0.2) is 0 Å². The Bertz CT molecular complexity index is 406. The van der Waals surface area contributed by atoms with Gasteiger partial charge in [-0.1, -0.05) is 17.7 Å². The smallest absolute Gasteiger partial charge is 0.325 e. The molecule has 0 aromatic heterocycles. The minimum Gasteiger partial charge on any atom is -0.468 e. The van der Waals surface area contributed by atoms with E-state index in [0.29, 0.717) is 10.7 Å². The maximum absolute atomic E-state index is 11.4. The first-order valence-electron chi connectivity index (χ1n) is 4.65. The molecule has 0 unspecified atom stereocenters. The predicted molar refractivity (Wildman–Crippen MR) is 61.5 cm³/mol. The standard InChI is InChI=1S/C11H12ClNO3/c1-8(14)13(7-11(15)16-2)10-5-3-4-9(12)6-10/h3-6H,7H2,1-2H3. The number of rotatable bonds is 3. The highest BCUT2D eigenvalue weighted by Gasteiger charge is 2.15. The molecule has 1 aromatic carbocycles. The van der Waals surface area contributed by atoms with Gasteiger partial charge in [0.05, 0.1) is 7.11 Å². The van der Waals surface area contributed by atoms with Crippen LogP contribution in [0.2, 0.25) is 5.02 Å². The van der Waals surface area contributed by atoms with Gasteiger partial charge >= 0.3 is 5.97 Å².